The van der Waals surface area contributed by atoms with Gasteiger partial charge in [0.2, 0.25) is 5.91 Å². The Morgan fingerprint density at radius 3 is 2.56 bits per heavy atom. The van der Waals surface area contributed by atoms with E-state index in [9.17, 15) is 18.7 Å². The minimum atomic E-state index is -1.52. The van der Waals surface area contributed by atoms with Crippen molar-refractivity contribution in [2.24, 2.45) is 0 Å². The first-order chi connectivity index (χ1) is 19.8. The number of aromatic nitrogens is 2. The van der Waals surface area contributed by atoms with Gasteiger partial charge in [0.15, 0.2) is 11.5 Å². The molecular formula is C29H36F2N4O6. The number of ether oxygens (including phenoxy) is 4. The number of carbonyl (C=O) groups is 1. The largest absolute Gasteiger partial charge is 0.493 e. The maximum absolute atomic E-state index is 13.7. The highest BCUT2D eigenvalue weighted by Crippen LogP contribution is 2.29. The van der Waals surface area contributed by atoms with Gasteiger partial charge in [0.1, 0.15) is 36.2 Å². The molecule has 0 bridgehead atoms. The summed E-state index contributed by atoms with van der Waals surface area (Å²) in [4.78, 5) is 20.2. The monoisotopic (exact) mass is 574 g/mol. The molecule has 1 aromatic heterocycles. The summed E-state index contributed by atoms with van der Waals surface area (Å²) in [5, 5.41) is 11.6. The Hall–Kier alpha value is -3.74. The average molecular weight is 575 g/mol. The van der Waals surface area contributed by atoms with Crippen LogP contribution < -0.4 is 14.2 Å². The highest BCUT2D eigenvalue weighted by atomic mass is 19.1. The number of β-amino-alcohol motifs (C(OH)–C–C–N with tert-alkyl or cyclic N) is 1. The van der Waals surface area contributed by atoms with Gasteiger partial charge in [0.25, 0.3) is 0 Å². The number of aryl methyl sites for hydroxylation is 1. The van der Waals surface area contributed by atoms with Crippen LogP contribution in [0.4, 0.5) is 8.78 Å². The van der Waals surface area contributed by atoms with Crippen molar-refractivity contribution in [2.45, 2.75) is 25.1 Å². The molecule has 2 heterocycles. The lowest BCUT2D eigenvalue weighted by Gasteiger charge is -2.33. The number of hydrogen-bond donors (Lipinski definition) is 1. The zero-order valence-electron chi connectivity index (χ0n) is 23.3. The minimum absolute atomic E-state index is 0.0291. The van der Waals surface area contributed by atoms with Crippen LogP contribution >= 0.6 is 0 Å². The molecule has 1 amide bonds. The number of nitrogens with zero attached hydrogens (tertiary/aromatic N) is 4. The third-order valence-corrected chi connectivity index (χ3v) is 6.66. The third-order valence-electron chi connectivity index (χ3n) is 6.66. The van der Waals surface area contributed by atoms with E-state index in [1.54, 1.807) is 19.6 Å². The van der Waals surface area contributed by atoms with Gasteiger partial charge in [-0.25, -0.2) is 13.8 Å². The van der Waals surface area contributed by atoms with Crippen LogP contribution in [0.3, 0.4) is 0 Å². The molecule has 1 aliphatic rings. The molecule has 1 aliphatic heterocycles. The van der Waals surface area contributed by atoms with Crippen LogP contribution in [0.25, 0.3) is 0 Å². The van der Waals surface area contributed by atoms with Gasteiger partial charge < -0.3 is 33.5 Å². The topological polar surface area (TPSA) is 98.5 Å². The molecule has 1 N–H and O–H groups in total. The predicted molar refractivity (Wildman–Crippen MR) is 146 cm³/mol. The molecule has 1 saturated heterocycles. The number of hydrogen-bond acceptors (Lipinski definition) is 8. The molecule has 0 aliphatic carbocycles. The molecule has 1 atom stereocenters. The average Bonchev–Trinajstić information content (AvgIpc) is 3.40. The standard InChI is InChI=1S/C29H36F2N4O6/c1-38-17-28(36)35-10-9-34(18-29(37,19-35)20-41-25-14-23(30)13-24(31)15-25)16-22-4-5-26(27(12-22)39-2)40-11-3-7-33-8-6-32-21-33/h4-6,8,12-15,21,37H,3,7,9-11,16-20H2,1-2H3/t29-/m1/s1. The van der Waals surface area contributed by atoms with Crippen LogP contribution in [0, 0.1) is 11.6 Å². The van der Waals surface area contributed by atoms with E-state index >= 15 is 0 Å². The summed E-state index contributed by atoms with van der Waals surface area (Å²) in [5.74, 6) is -0.686. The number of rotatable bonds is 13. The van der Waals surface area contributed by atoms with Crippen LogP contribution in [-0.4, -0.2) is 96.2 Å². The van der Waals surface area contributed by atoms with Gasteiger partial charge in [0.05, 0.1) is 26.6 Å². The van der Waals surface area contributed by atoms with Gasteiger partial charge in [-0.15, -0.1) is 0 Å². The SMILES string of the molecule is COCC(=O)N1CCN(Cc2ccc(OCCCn3ccnc3)c(OC)c2)C[C@](O)(COc2cc(F)cc(F)c2)C1. The van der Waals surface area contributed by atoms with E-state index in [2.05, 4.69) is 4.98 Å². The fraction of sp³-hybridized carbons (Fsp3) is 0.448. The lowest BCUT2D eigenvalue weighted by Crippen LogP contribution is -2.52. The Bertz CT molecular complexity index is 1260. The van der Waals surface area contributed by atoms with E-state index in [0.717, 1.165) is 36.7 Å². The Balaban J connectivity index is 1.43. The van der Waals surface area contributed by atoms with Crippen molar-refractivity contribution in [3.05, 3.63) is 72.3 Å². The summed E-state index contributed by atoms with van der Waals surface area (Å²) in [6.45, 7) is 2.28. The molecule has 10 nitrogen and oxygen atoms in total. The van der Waals surface area contributed by atoms with Crippen LogP contribution in [0.2, 0.25) is 0 Å². The third kappa shape index (κ3) is 8.87. The fourth-order valence-electron chi connectivity index (χ4n) is 4.76. The first-order valence-electron chi connectivity index (χ1n) is 13.3. The Labute approximate surface area is 238 Å². The van der Waals surface area contributed by atoms with Crippen molar-refractivity contribution in [3.63, 3.8) is 0 Å². The van der Waals surface area contributed by atoms with Crippen molar-refractivity contribution in [2.75, 3.05) is 60.2 Å². The summed E-state index contributed by atoms with van der Waals surface area (Å²) in [7, 11) is 3.00. The second kappa shape index (κ2) is 14.2. The lowest BCUT2D eigenvalue weighted by molar-refractivity contribution is -0.138. The van der Waals surface area contributed by atoms with Crippen molar-refractivity contribution < 1.29 is 37.6 Å². The number of benzene rings is 2. The summed E-state index contributed by atoms with van der Waals surface area (Å²) in [5.41, 5.74) is -0.606. The predicted octanol–water partition coefficient (Wildman–Crippen LogP) is 2.74. The molecule has 0 saturated carbocycles. The van der Waals surface area contributed by atoms with Gasteiger partial charge in [0, 0.05) is 70.4 Å². The number of aliphatic hydroxyl groups is 1. The molecular weight excluding hydrogens is 538 g/mol. The Morgan fingerprint density at radius 1 is 1.05 bits per heavy atom. The smallest absolute Gasteiger partial charge is 0.248 e. The van der Waals surface area contributed by atoms with Crippen LogP contribution in [-0.2, 0) is 22.6 Å². The van der Waals surface area contributed by atoms with E-state index in [0.29, 0.717) is 37.7 Å². The van der Waals surface area contributed by atoms with Crippen LogP contribution in [0.5, 0.6) is 17.2 Å². The summed E-state index contributed by atoms with van der Waals surface area (Å²) >= 11 is 0. The van der Waals surface area contributed by atoms with Crippen molar-refractivity contribution in [3.8, 4) is 17.2 Å². The van der Waals surface area contributed by atoms with E-state index in [1.807, 2.05) is 33.9 Å². The highest BCUT2D eigenvalue weighted by Gasteiger charge is 2.37. The van der Waals surface area contributed by atoms with Crippen molar-refractivity contribution >= 4 is 5.91 Å². The van der Waals surface area contributed by atoms with Gasteiger partial charge in [-0.05, 0) is 24.1 Å². The Morgan fingerprint density at radius 2 is 1.85 bits per heavy atom. The van der Waals surface area contributed by atoms with Crippen molar-refractivity contribution in [1.82, 2.24) is 19.4 Å². The van der Waals surface area contributed by atoms with E-state index in [-0.39, 0.29) is 38.0 Å². The molecule has 0 radical (unpaired) electrons. The zero-order chi connectivity index (χ0) is 29.2. The normalized spacial score (nSPS) is 17.7. The Kier molecular flexibility index (Phi) is 10.5. The molecule has 12 heteroatoms. The second-order valence-electron chi connectivity index (χ2n) is 10.1. The van der Waals surface area contributed by atoms with Crippen LogP contribution in [0.1, 0.15) is 12.0 Å². The van der Waals surface area contributed by atoms with Gasteiger partial charge in [-0.1, -0.05) is 6.07 Å². The van der Waals surface area contributed by atoms with E-state index in [4.69, 9.17) is 18.9 Å². The van der Waals surface area contributed by atoms with Gasteiger partial charge in [-0.3, -0.25) is 9.69 Å². The van der Waals surface area contributed by atoms with E-state index < -0.39 is 17.2 Å². The number of amides is 1. The number of carbonyl (C=O) groups excluding carboxylic acids is 1. The molecule has 41 heavy (non-hydrogen) atoms. The van der Waals surface area contributed by atoms with Gasteiger partial charge in [-0.2, -0.15) is 0 Å². The molecule has 222 valence electrons. The molecule has 4 rings (SSSR count). The summed E-state index contributed by atoms with van der Waals surface area (Å²) < 4.78 is 51.4. The number of methoxy groups -OCH3 is 2. The van der Waals surface area contributed by atoms with E-state index in [1.165, 1.54) is 12.0 Å². The van der Waals surface area contributed by atoms with Crippen molar-refractivity contribution in [1.29, 1.82) is 0 Å². The number of halogens is 2. The molecule has 0 unspecified atom stereocenters. The first kappa shape index (κ1) is 30.2. The quantitative estimate of drug-likeness (QED) is 0.312. The van der Waals surface area contributed by atoms with Gasteiger partial charge >= 0.3 is 0 Å². The van der Waals surface area contributed by atoms with Crippen LogP contribution in [0.15, 0.2) is 55.1 Å². The second-order valence-corrected chi connectivity index (χ2v) is 10.1. The first-order valence-corrected chi connectivity index (χ1v) is 13.3. The maximum Gasteiger partial charge on any atom is 0.248 e. The lowest BCUT2D eigenvalue weighted by atomic mass is 10.0. The molecule has 2 aromatic carbocycles. The molecule has 3 aromatic rings. The minimum Gasteiger partial charge on any atom is -0.493 e. The summed E-state index contributed by atoms with van der Waals surface area (Å²) in [6, 6.07) is 8.49. The molecule has 1 fully saturated rings. The fourth-order valence-corrected chi connectivity index (χ4v) is 4.76. The molecule has 0 spiro atoms. The summed E-state index contributed by atoms with van der Waals surface area (Å²) in [6.07, 6.45) is 6.20. The zero-order valence-corrected chi connectivity index (χ0v) is 23.3. The number of imidazole rings is 1. The maximum atomic E-state index is 13.7. The highest BCUT2D eigenvalue weighted by molar-refractivity contribution is 5.77.